The lowest BCUT2D eigenvalue weighted by Crippen LogP contribution is -2.55. The van der Waals surface area contributed by atoms with Gasteiger partial charge in [-0.1, -0.05) is 76.2 Å². The maximum absolute atomic E-state index is 13.1. The third kappa shape index (κ3) is 5.53. The molecule has 2 aromatic carbocycles. The van der Waals surface area contributed by atoms with Crippen molar-refractivity contribution < 1.29 is 24.2 Å². The smallest absolute Gasteiger partial charge is 0.407 e. The molecule has 2 amide bonds. The van der Waals surface area contributed by atoms with Crippen LogP contribution < -0.4 is 5.32 Å². The number of carbonyl (C=O) groups excluding carboxylic acids is 2. The van der Waals surface area contributed by atoms with E-state index in [-0.39, 0.29) is 12.5 Å². The molecule has 3 rings (SSSR count). The second-order valence-electron chi connectivity index (χ2n) is 9.42. The molecule has 1 aliphatic carbocycles. The van der Waals surface area contributed by atoms with Crippen LogP contribution in [-0.4, -0.2) is 53.7 Å². The Bertz CT molecular complexity index is 982. The maximum Gasteiger partial charge on any atom is 0.407 e. The van der Waals surface area contributed by atoms with Crippen LogP contribution in [0.15, 0.2) is 48.5 Å². The van der Waals surface area contributed by atoms with Gasteiger partial charge in [0.05, 0.1) is 0 Å². The highest BCUT2D eigenvalue weighted by Crippen LogP contribution is 2.44. The van der Waals surface area contributed by atoms with Crippen molar-refractivity contribution in [1.29, 1.82) is 0 Å². The average Bonchev–Trinajstić information content (AvgIpc) is 3.08. The minimum Gasteiger partial charge on any atom is -0.480 e. The van der Waals surface area contributed by atoms with Crippen LogP contribution in [0.5, 0.6) is 0 Å². The van der Waals surface area contributed by atoms with Crippen LogP contribution in [0, 0.1) is 5.41 Å². The number of hydrogen-bond donors (Lipinski definition) is 2. The third-order valence-corrected chi connectivity index (χ3v) is 5.85. The summed E-state index contributed by atoms with van der Waals surface area (Å²) in [6.07, 6.45) is -0.0854. The number of nitrogens with zero attached hydrogens (tertiary/aromatic N) is 1. The Kier molecular flexibility index (Phi) is 7.41. The molecule has 1 atom stereocenters. The van der Waals surface area contributed by atoms with Crippen molar-refractivity contribution in [1.82, 2.24) is 10.2 Å². The fourth-order valence-electron chi connectivity index (χ4n) is 4.29. The van der Waals surface area contributed by atoms with E-state index < -0.39 is 36.0 Å². The summed E-state index contributed by atoms with van der Waals surface area (Å²) >= 11 is 0. The highest BCUT2D eigenvalue weighted by atomic mass is 16.5. The van der Waals surface area contributed by atoms with Gasteiger partial charge in [-0.05, 0) is 34.1 Å². The number of aliphatic carboxylic acids is 1. The number of carbonyl (C=O) groups is 3. The van der Waals surface area contributed by atoms with Gasteiger partial charge in [0.25, 0.3) is 0 Å². The van der Waals surface area contributed by atoms with Gasteiger partial charge >= 0.3 is 12.1 Å². The van der Waals surface area contributed by atoms with Crippen molar-refractivity contribution in [2.24, 2.45) is 5.41 Å². The van der Waals surface area contributed by atoms with Gasteiger partial charge < -0.3 is 20.1 Å². The molecule has 0 spiro atoms. The van der Waals surface area contributed by atoms with Gasteiger partial charge in [-0.2, -0.15) is 0 Å². The Morgan fingerprint density at radius 3 is 2.06 bits per heavy atom. The summed E-state index contributed by atoms with van der Waals surface area (Å²) in [6, 6.07) is 15.2. The topological polar surface area (TPSA) is 95.9 Å². The molecule has 0 radical (unpaired) electrons. The zero-order valence-corrected chi connectivity index (χ0v) is 19.6. The first-order chi connectivity index (χ1) is 15.6. The molecule has 0 saturated heterocycles. The van der Waals surface area contributed by atoms with Crippen LogP contribution in [0.1, 0.15) is 51.2 Å². The van der Waals surface area contributed by atoms with Crippen molar-refractivity contribution in [3.8, 4) is 11.1 Å². The monoisotopic (exact) mass is 452 g/mol. The van der Waals surface area contributed by atoms with E-state index in [1.165, 1.54) is 4.90 Å². The zero-order valence-electron chi connectivity index (χ0n) is 19.6. The Morgan fingerprint density at radius 1 is 1.03 bits per heavy atom. The lowest BCUT2D eigenvalue weighted by atomic mass is 9.85. The van der Waals surface area contributed by atoms with Crippen molar-refractivity contribution in [3.05, 3.63) is 59.7 Å². The van der Waals surface area contributed by atoms with E-state index in [0.717, 1.165) is 22.3 Å². The van der Waals surface area contributed by atoms with E-state index in [1.807, 2.05) is 64.1 Å². The van der Waals surface area contributed by atoms with Gasteiger partial charge in [0.1, 0.15) is 19.2 Å². The predicted molar refractivity (Wildman–Crippen MR) is 126 cm³/mol. The summed E-state index contributed by atoms with van der Waals surface area (Å²) in [5.74, 6) is -1.61. The molecular weight excluding hydrogens is 420 g/mol. The largest absolute Gasteiger partial charge is 0.480 e. The van der Waals surface area contributed by atoms with Gasteiger partial charge in [0.2, 0.25) is 5.91 Å². The van der Waals surface area contributed by atoms with Gasteiger partial charge in [-0.3, -0.25) is 9.59 Å². The molecule has 2 aromatic rings. The molecule has 7 nitrogen and oxygen atoms in total. The second kappa shape index (κ2) is 10.1. The number of fused-ring (bicyclic) bond motifs is 3. The summed E-state index contributed by atoms with van der Waals surface area (Å²) in [5, 5.41) is 11.9. The Labute approximate surface area is 194 Å². The molecule has 0 heterocycles. The van der Waals surface area contributed by atoms with E-state index in [9.17, 15) is 19.5 Å². The number of carboxylic acid groups (broad SMARTS) is 1. The molecule has 7 heteroatoms. The van der Waals surface area contributed by atoms with Gasteiger partial charge in [-0.25, -0.2) is 4.79 Å². The summed E-state index contributed by atoms with van der Waals surface area (Å²) in [7, 11) is 0. The Morgan fingerprint density at radius 2 is 1.58 bits per heavy atom. The summed E-state index contributed by atoms with van der Waals surface area (Å²) in [6.45, 7) is 7.36. The van der Waals surface area contributed by atoms with Crippen molar-refractivity contribution in [2.75, 3.05) is 19.7 Å². The number of ether oxygens (including phenoxy) is 1. The highest BCUT2D eigenvalue weighted by molar-refractivity contribution is 5.89. The van der Waals surface area contributed by atoms with Gasteiger partial charge in [0, 0.05) is 12.5 Å². The lowest BCUT2D eigenvalue weighted by Gasteiger charge is -2.34. The highest BCUT2D eigenvalue weighted by Gasteiger charge is 2.37. The Balaban J connectivity index is 1.73. The third-order valence-electron chi connectivity index (χ3n) is 5.85. The van der Waals surface area contributed by atoms with Crippen LogP contribution in [-0.2, 0) is 14.3 Å². The van der Waals surface area contributed by atoms with Gasteiger partial charge in [-0.15, -0.1) is 0 Å². The number of rotatable bonds is 8. The van der Waals surface area contributed by atoms with Gasteiger partial charge in [0.15, 0.2) is 0 Å². The number of benzene rings is 2. The van der Waals surface area contributed by atoms with Crippen molar-refractivity contribution in [2.45, 2.75) is 46.1 Å². The molecule has 0 aromatic heterocycles. The standard InChI is InChI=1S/C26H32N2O5/c1-5-14-28(15-22(29)30)24(31)23(26(2,3)4)27-25(32)33-16-21-19-12-8-6-10-17(19)18-11-7-9-13-20(18)21/h6-13,21,23H,5,14-16H2,1-4H3,(H,27,32)(H,29,30). The first kappa shape index (κ1) is 24.3. The number of alkyl carbamates (subject to hydrolysis) is 1. The van der Waals surface area contributed by atoms with E-state index >= 15 is 0 Å². The fourth-order valence-corrected chi connectivity index (χ4v) is 4.29. The molecule has 1 unspecified atom stereocenters. The predicted octanol–water partition coefficient (Wildman–Crippen LogP) is 4.26. The first-order valence-corrected chi connectivity index (χ1v) is 11.3. The second-order valence-corrected chi connectivity index (χ2v) is 9.42. The minimum absolute atomic E-state index is 0.0875. The fraction of sp³-hybridized carbons (Fsp3) is 0.423. The minimum atomic E-state index is -1.09. The van der Waals surface area contributed by atoms with E-state index in [4.69, 9.17) is 4.74 Å². The maximum atomic E-state index is 13.1. The summed E-state index contributed by atoms with van der Waals surface area (Å²) < 4.78 is 5.60. The van der Waals surface area contributed by atoms with Crippen LogP contribution in [0.2, 0.25) is 0 Å². The first-order valence-electron chi connectivity index (χ1n) is 11.3. The molecule has 1 aliphatic rings. The number of carboxylic acids is 1. The Hall–Kier alpha value is -3.35. The molecule has 0 fully saturated rings. The van der Waals surface area contributed by atoms with Crippen LogP contribution in [0.3, 0.4) is 0 Å². The molecule has 33 heavy (non-hydrogen) atoms. The van der Waals surface area contributed by atoms with E-state index in [1.54, 1.807) is 0 Å². The average molecular weight is 453 g/mol. The SMILES string of the molecule is CCCN(CC(=O)O)C(=O)C(NC(=O)OCC1c2ccccc2-c2ccccc21)C(C)(C)C. The van der Waals surface area contributed by atoms with Crippen LogP contribution in [0.25, 0.3) is 11.1 Å². The van der Waals surface area contributed by atoms with Crippen molar-refractivity contribution in [3.63, 3.8) is 0 Å². The molecular formula is C26H32N2O5. The lowest BCUT2D eigenvalue weighted by molar-refractivity contribution is -0.146. The normalized spacial score (nSPS) is 13.6. The quantitative estimate of drug-likeness (QED) is 0.624. The molecule has 0 bridgehead atoms. The molecule has 176 valence electrons. The molecule has 2 N–H and O–H groups in total. The number of hydrogen-bond acceptors (Lipinski definition) is 4. The summed E-state index contributed by atoms with van der Waals surface area (Å²) in [4.78, 5) is 38.4. The van der Waals surface area contributed by atoms with E-state index in [2.05, 4.69) is 17.4 Å². The van der Waals surface area contributed by atoms with Crippen LogP contribution >= 0.6 is 0 Å². The van der Waals surface area contributed by atoms with Crippen molar-refractivity contribution >= 4 is 18.0 Å². The number of nitrogens with one attached hydrogen (secondary N) is 1. The van der Waals surface area contributed by atoms with Crippen LogP contribution in [0.4, 0.5) is 4.79 Å². The van der Waals surface area contributed by atoms with E-state index in [0.29, 0.717) is 13.0 Å². The summed E-state index contributed by atoms with van der Waals surface area (Å²) in [5.41, 5.74) is 3.84. The molecule has 0 aliphatic heterocycles. The number of amides is 2. The zero-order chi connectivity index (χ0) is 24.2. The molecule has 0 saturated carbocycles.